The highest BCUT2D eigenvalue weighted by atomic mass is 32.2. The highest BCUT2D eigenvalue weighted by Crippen LogP contribution is 2.28. The van der Waals surface area contributed by atoms with Gasteiger partial charge in [0.05, 0.1) is 10.9 Å². The molecule has 22 heavy (non-hydrogen) atoms. The van der Waals surface area contributed by atoms with Gasteiger partial charge in [-0.3, -0.25) is 4.55 Å². The fourth-order valence-electron chi connectivity index (χ4n) is 1.93. The summed E-state index contributed by atoms with van der Waals surface area (Å²) in [5, 5.41) is 0. The van der Waals surface area contributed by atoms with Gasteiger partial charge in [-0.25, -0.2) is 4.79 Å². The molecule has 0 aromatic heterocycles. The molecule has 0 radical (unpaired) electrons. The second-order valence-electron chi connectivity index (χ2n) is 6.28. The van der Waals surface area contributed by atoms with E-state index in [-0.39, 0.29) is 4.90 Å². The zero-order valence-corrected chi connectivity index (χ0v) is 14.6. The summed E-state index contributed by atoms with van der Waals surface area (Å²) in [5.41, 5.74) is 0.520. The summed E-state index contributed by atoms with van der Waals surface area (Å²) in [5.74, 6) is 0. The first-order valence-corrected chi connectivity index (χ1v) is 8.31. The molecule has 7 heteroatoms. The van der Waals surface area contributed by atoms with Crippen LogP contribution in [0.25, 0.3) is 0 Å². The molecule has 0 bridgehead atoms. The Morgan fingerprint density at radius 2 is 1.86 bits per heavy atom. The van der Waals surface area contributed by atoms with E-state index in [1.165, 1.54) is 18.0 Å². The predicted octanol–water partition coefficient (Wildman–Crippen LogP) is 3.17. The third kappa shape index (κ3) is 4.71. The number of rotatable bonds is 3. The first kappa shape index (κ1) is 18.4. The summed E-state index contributed by atoms with van der Waals surface area (Å²) in [7, 11) is -2.85. The zero-order valence-electron chi connectivity index (χ0n) is 13.7. The van der Waals surface area contributed by atoms with E-state index in [4.69, 9.17) is 4.74 Å². The van der Waals surface area contributed by atoms with Gasteiger partial charge in [0.15, 0.2) is 0 Å². The SMILES string of the molecule is Cc1ccc(S(=O)(=O)O)c(C(C)N(C)C(=O)OC(C)(C)C)c1. The molecule has 124 valence electrons. The minimum atomic E-state index is -4.37. The van der Waals surface area contributed by atoms with E-state index in [1.807, 2.05) is 0 Å². The van der Waals surface area contributed by atoms with Crippen LogP contribution in [0.4, 0.5) is 4.79 Å². The van der Waals surface area contributed by atoms with Crippen LogP contribution in [-0.4, -0.2) is 36.6 Å². The minimum Gasteiger partial charge on any atom is -0.444 e. The Kier molecular flexibility index (Phi) is 5.25. The number of hydrogen-bond donors (Lipinski definition) is 1. The van der Waals surface area contributed by atoms with Crippen LogP contribution >= 0.6 is 0 Å². The van der Waals surface area contributed by atoms with E-state index >= 15 is 0 Å². The van der Waals surface area contributed by atoms with E-state index in [0.29, 0.717) is 5.56 Å². The Balaban J connectivity index is 3.20. The molecule has 0 aliphatic carbocycles. The molecule has 1 rings (SSSR count). The van der Waals surface area contributed by atoms with Crippen molar-refractivity contribution >= 4 is 16.2 Å². The second-order valence-corrected chi connectivity index (χ2v) is 7.67. The number of hydrogen-bond acceptors (Lipinski definition) is 4. The third-order valence-corrected chi connectivity index (χ3v) is 4.08. The van der Waals surface area contributed by atoms with Crippen LogP contribution in [0.3, 0.4) is 0 Å². The summed E-state index contributed by atoms with van der Waals surface area (Å²) < 4.78 is 37.6. The van der Waals surface area contributed by atoms with Gasteiger partial charge in [0.25, 0.3) is 10.1 Å². The number of amides is 1. The fraction of sp³-hybridized carbons (Fsp3) is 0.533. The molecule has 6 nitrogen and oxygen atoms in total. The predicted molar refractivity (Wildman–Crippen MR) is 83.4 cm³/mol. The number of ether oxygens (including phenoxy) is 1. The summed E-state index contributed by atoms with van der Waals surface area (Å²) in [6.07, 6.45) is -0.567. The molecule has 0 saturated heterocycles. The average Bonchev–Trinajstić information content (AvgIpc) is 2.33. The first-order valence-electron chi connectivity index (χ1n) is 6.87. The smallest absolute Gasteiger partial charge is 0.410 e. The lowest BCUT2D eigenvalue weighted by Crippen LogP contribution is -2.36. The molecule has 1 aromatic carbocycles. The highest BCUT2D eigenvalue weighted by Gasteiger charge is 2.27. The maximum Gasteiger partial charge on any atom is 0.410 e. The van der Waals surface area contributed by atoms with Crippen molar-refractivity contribution in [1.29, 1.82) is 0 Å². The number of benzene rings is 1. The molecule has 1 unspecified atom stereocenters. The van der Waals surface area contributed by atoms with Gasteiger partial charge in [-0.1, -0.05) is 17.7 Å². The highest BCUT2D eigenvalue weighted by molar-refractivity contribution is 7.85. The Bertz CT molecular complexity index is 661. The lowest BCUT2D eigenvalue weighted by atomic mass is 10.0. The molecule has 0 saturated carbocycles. The van der Waals surface area contributed by atoms with E-state index in [9.17, 15) is 17.8 Å². The van der Waals surface area contributed by atoms with E-state index in [2.05, 4.69) is 0 Å². The van der Waals surface area contributed by atoms with Crippen molar-refractivity contribution in [3.05, 3.63) is 29.3 Å². The van der Waals surface area contributed by atoms with E-state index in [0.717, 1.165) is 5.56 Å². The molecule has 0 heterocycles. The Morgan fingerprint density at radius 1 is 1.32 bits per heavy atom. The molecule has 1 atom stereocenters. The Morgan fingerprint density at radius 3 is 2.32 bits per heavy atom. The number of aryl methyl sites for hydroxylation is 1. The van der Waals surface area contributed by atoms with Crippen molar-refractivity contribution in [2.45, 2.75) is 51.2 Å². The molecule has 0 fully saturated rings. The molecule has 0 aliphatic rings. The minimum absolute atomic E-state index is 0.207. The lowest BCUT2D eigenvalue weighted by molar-refractivity contribution is 0.0231. The maximum absolute atomic E-state index is 12.1. The summed E-state index contributed by atoms with van der Waals surface area (Å²) in [6.45, 7) is 8.73. The topological polar surface area (TPSA) is 83.9 Å². The quantitative estimate of drug-likeness (QED) is 0.861. The fourth-order valence-corrected chi connectivity index (χ4v) is 2.70. The normalized spacial score (nSPS) is 13.6. The second kappa shape index (κ2) is 6.26. The van der Waals surface area contributed by atoms with E-state index in [1.54, 1.807) is 46.8 Å². The van der Waals surface area contributed by atoms with Crippen molar-refractivity contribution in [2.24, 2.45) is 0 Å². The largest absolute Gasteiger partial charge is 0.444 e. The van der Waals surface area contributed by atoms with Crippen LogP contribution < -0.4 is 0 Å². The van der Waals surface area contributed by atoms with Gasteiger partial charge in [0.1, 0.15) is 5.60 Å². The molecular weight excluding hydrogens is 306 g/mol. The van der Waals surface area contributed by atoms with Crippen molar-refractivity contribution < 1.29 is 22.5 Å². The summed E-state index contributed by atoms with van der Waals surface area (Å²) in [6, 6.07) is 3.98. The van der Waals surface area contributed by atoms with Crippen molar-refractivity contribution in [3.63, 3.8) is 0 Å². The number of carbonyl (C=O) groups is 1. The number of carbonyl (C=O) groups excluding carboxylic acids is 1. The first-order chi connectivity index (χ1) is 9.83. The molecule has 0 aliphatic heterocycles. The van der Waals surface area contributed by atoms with Crippen LogP contribution in [-0.2, 0) is 14.9 Å². The van der Waals surface area contributed by atoms with Gasteiger partial charge in [0, 0.05) is 7.05 Å². The van der Waals surface area contributed by atoms with Crippen LogP contribution in [0, 0.1) is 6.92 Å². The van der Waals surface area contributed by atoms with Gasteiger partial charge in [0.2, 0.25) is 0 Å². The van der Waals surface area contributed by atoms with Gasteiger partial charge in [-0.15, -0.1) is 0 Å². The molecule has 1 amide bonds. The molecule has 0 spiro atoms. The maximum atomic E-state index is 12.1. The molecular formula is C15H23NO5S. The van der Waals surface area contributed by atoms with Gasteiger partial charge in [-0.2, -0.15) is 8.42 Å². The Labute approximate surface area is 131 Å². The summed E-state index contributed by atoms with van der Waals surface area (Å²) >= 11 is 0. The lowest BCUT2D eigenvalue weighted by Gasteiger charge is -2.29. The van der Waals surface area contributed by atoms with Crippen LogP contribution in [0.1, 0.15) is 44.9 Å². The third-order valence-electron chi connectivity index (χ3n) is 3.16. The van der Waals surface area contributed by atoms with Gasteiger partial charge in [-0.05, 0) is 46.2 Å². The Hall–Kier alpha value is -1.60. The number of nitrogens with zero attached hydrogens (tertiary/aromatic N) is 1. The van der Waals surface area contributed by atoms with Crippen LogP contribution in [0.15, 0.2) is 23.1 Å². The van der Waals surface area contributed by atoms with E-state index < -0.39 is 27.9 Å². The zero-order chi connectivity index (χ0) is 17.3. The summed E-state index contributed by atoms with van der Waals surface area (Å²) in [4.78, 5) is 13.2. The van der Waals surface area contributed by atoms with Crippen LogP contribution in [0.5, 0.6) is 0 Å². The van der Waals surface area contributed by atoms with Gasteiger partial charge >= 0.3 is 6.09 Å². The standard InChI is InChI=1S/C15H23NO5S/c1-10-7-8-13(22(18,19)20)12(9-10)11(2)16(6)14(17)21-15(3,4)5/h7-9,11H,1-6H3,(H,18,19,20). The van der Waals surface area contributed by atoms with Crippen LogP contribution in [0.2, 0.25) is 0 Å². The van der Waals surface area contributed by atoms with Crippen molar-refractivity contribution in [1.82, 2.24) is 4.90 Å². The molecule has 1 aromatic rings. The average molecular weight is 329 g/mol. The van der Waals surface area contributed by atoms with Crippen molar-refractivity contribution in [2.75, 3.05) is 7.05 Å². The van der Waals surface area contributed by atoms with Gasteiger partial charge < -0.3 is 9.64 Å². The van der Waals surface area contributed by atoms with Crippen molar-refractivity contribution in [3.8, 4) is 0 Å². The molecule has 1 N–H and O–H groups in total. The monoisotopic (exact) mass is 329 g/mol.